The highest BCUT2D eigenvalue weighted by Crippen LogP contribution is 2.29. The smallest absolute Gasteiger partial charge is 0.0340 e. The highest BCUT2D eigenvalue weighted by Gasteiger charge is 2.17. The third-order valence-electron chi connectivity index (χ3n) is 3.77. The van der Waals surface area contributed by atoms with E-state index in [-0.39, 0.29) is 0 Å². The van der Waals surface area contributed by atoms with Gasteiger partial charge >= 0.3 is 0 Å². The van der Waals surface area contributed by atoms with E-state index in [1.807, 2.05) is 12.2 Å². The summed E-state index contributed by atoms with van der Waals surface area (Å²) in [6.45, 7) is 22.8. The Bertz CT molecular complexity index is 406. The Morgan fingerprint density at radius 2 is 1.71 bits per heavy atom. The van der Waals surface area contributed by atoms with Crippen molar-refractivity contribution in [2.24, 2.45) is 11.3 Å². The van der Waals surface area contributed by atoms with Gasteiger partial charge in [-0.05, 0) is 29.7 Å². The van der Waals surface area contributed by atoms with Crippen LogP contribution < -0.4 is 0 Å². The summed E-state index contributed by atoms with van der Waals surface area (Å²) in [4.78, 5) is 0. The summed E-state index contributed by atoms with van der Waals surface area (Å²) in [5, 5.41) is 0. The van der Waals surface area contributed by atoms with Gasteiger partial charge in [0.2, 0.25) is 0 Å². The summed E-state index contributed by atoms with van der Waals surface area (Å²) >= 11 is 0. The first-order chi connectivity index (χ1) is 11.4. The molecular formula is C24H40. The first-order valence-electron chi connectivity index (χ1n) is 9.32. The fraction of sp³-hybridized carbons (Fsp3) is 0.583. The lowest BCUT2D eigenvalue weighted by atomic mass is 9.81. The lowest BCUT2D eigenvalue weighted by molar-refractivity contribution is 0.280. The van der Waals surface area contributed by atoms with Crippen LogP contribution in [0.3, 0.4) is 0 Å². The molecule has 0 bridgehead atoms. The van der Waals surface area contributed by atoms with Crippen LogP contribution in [0, 0.1) is 23.2 Å². The van der Waals surface area contributed by atoms with Gasteiger partial charge < -0.3 is 0 Å². The molecule has 0 nitrogen and oxygen atoms in total. The van der Waals surface area contributed by atoms with Gasteiger partial charge in [-0.3, -0.25) is 0 Å². The number of unbranched alkanes of at least 4 members (excludes halogenated alkanes) is 3. The number of hydrogen-bond donors (Lipinski definition) is 0. The first kappa shape index (κ1) is 24.8. The van der Waals surface area contributed by atoms with Crippen molar-refractivity contribution in [1.82, 2.24) is 0 Å². The number of allylic oxidation sites excluding steroid dienone is 4. The molecule has 0 fully saturated rings. The SMILES string of the molecule is C=C.C=C/C=C(\C=C)CC#CCC(CCCCCC)CC(C)(C)C. The Morgan fingerprint density at radius 3 is 2.21 bits per heavy atom. The van der Waals surface area contributed by atoms with Crippen LogP contribution in [0.15, 0.2) is 50.1 Å². The van der Waals surface area contributed by atoms with Crippen molar-refractivity contribution < 1.29 is 0 Å². The molecule has 0 heteroatoms. The van der Waals surface area contributed by atoms with Crippen molar-refractivity contribution in [3.63, 3.8) is 0 Å². The van der Waals surface area contributed by atoms with Gasteiger partial charge in [0, 0.05) is 12.8 Å². The Balaban J connectivity index is 0. The fourth-order valence-electron chi connectivity index (χ4n) is 2.73. The van der Waals surface area contributed by atoms with Crippen molar-refractivity contribution in [2.45, 2.75) is 79.1 Å². The van der Waals surface area contributed by atoms with Crippen LogP contribution in [0.4, 0.5) is 0 Å². The minimum absolute atomic E-state index is 0.395. The zero-order valence-corrected chi connectivity index (χ0v) is 16.8. The van der Waals surface area contributed by atoms with E-state index in [4.69, 9.17) is 0 Å². The molecule has 0 aliphatic rings. The monoisotopic (exact) mass is 328 g/mol. The van der Waals surface area contributed by atoms with Crippen molar-refractivity contribution >= 4 is 0 Å². The van der Waals surface area contributed by atoms with Gasteiger partial charge in [-0.15, -0.1) is 19.1 Å². The molecule has 0 aromatic heterocycles. The van der Waals surface area contributed by atoms with Crippen molar-refractivity contribution in [3.8, 4) is 11.8 Å². The molecule has 0 amide bonds. The quantitative estimate of drug-likeness (QED) is 0.165. The topological polar surface area (TPSA) is 0 Å². The summed E-state index contributed by atoms with van der Waals surface area (Å²) in [5.74, 6) is 7.44. The van der Waals surface area contributed by atoms with Crippen molar-refractivity contribution in [1.29, 1.82) is 0 Å². The maximum atomic E-state index is 3.82. The van der Waals surface area contributed by atoms with Gasteiger partial charge in [0.05, 0.1) is 0 Å². The zero-order valence-electron chi connectivity index (χ0n) is 16.8. The summed E-state index contributed by atoms with van der Waals surface area (Å²) in [5.41, 5.74) is 1.55. The van der Waals surface area contributed by atoms with Gasteiger partial charge in [-0.2, -0.15) is 0 Å². The van der Waals surface area contributed by atoms with Crippen molar-refractivity contribution in [3.05, 3.63) is 50.1 Å². The molecule has 1 atom stereocenters. The molecule has 0 spiro atoms. The summed E-state index contributed by atoms with van der Waals surface area (Å²) < 4.78 is 0. The molecule has 0 saturated carbocycles. The lowest BCUT2D eigenvalue weighted by Gasteiger charge is -2.24. The highest BCUT2D eigenvalue weighted by molar-refractivity contribution is 5.26. The van der Waals surface area contributed by atoms with Crippen LogP contribution in [0.25, 0.3) is 0 Å². The first-order valence-corrected chi connectivity index (χ1v) is 9.32. The van der Waals surface area contributed by atoms with Crippen LogP contribution >= 0.6 is 0 Å². The molecule has 0 heterocycles. The number of rotatable bonds is 10. The van der Waals surface area contributed by atoms with Crippen molar-refractivity contribution in [2.75, 3.05) is 0 Å². The number of hydrogen-bond acceptors (Lipinski definition) is 0. The minimum Gasteiger partial charge on any atom is -0.106 e. The van der Waals surface area contributed by atoms with Crippen LogP contribution in [0.1, 0.15) is 79.1 Å². The summed E-state index contributed by atoms with van der Waals surface area (Å²) in [6, 6.07) is 0. The molecule has 0 rings (SSSR count). The highest BCUT2D eigenvalue weighted by atomic mass is 14.2. The predicted molar refractivity (Wildman–Crippen MR) is 113 cm³/mol. The van der Waals surface area contributed by atoms with E-state index in [0.29, 0.717) is 5.41 Å². The predicted octanol–water partition coefficient (Wildman–Crippen LogP) is 7.89. The Hall–Kier alpha value is -1.48. The average Bonchev–Trinajstić information content (AvgIpc) is 2.54. The van der Waals surface area contributed by atoms with E-state index in [0.717, 1.165) is 24.3 Å². The lowest BCUT2D eigenvalue weighted by Crippen LogP contribution is -2.13. The normalized spacial score (nSPS) is 12.2. The van der Waals surface area contributed by atoms with Gasteiger partial charge in [0.1, 0.15) is 0 Å². The van der Waals surface area contributed by atoms with E-state index in [2.05, 4.69) is 65.9 Å². The molecule has 0 saturated heterocycles. The molecule has 0 aromatic carbocycles. The molecular weight excluding hydrogens is 288 g/mol. The molecule has 0 aliphatic carbocycles. The second kappa shape index (κ2) is 16.4. The summed E-state index contributed by atoms with van der Waals surface area (Å²) in [6.07, 6.45) is 15.5. The average molecular weight is 329 g/mol. The molecule has 136 valence electrons. The Kier molecular flexibility index (Phi) is 16.9. The van der Waals surface area contributed by atoms with Gasteiger partial charge in [-0.25, -0.2) is 0 Å². The van der Waals surface area contributed by atoms with Crippen LogP contribution in [-0.4, -0.2) is 0 Å². The van der Waals surface area contributed by atoms with Crippen LogP contribution in [0.2, 0.25) is 0 Å². The van der Waals surface area contributed by atoms with Crippen LogP contribution in [0.5, 0.6) is 0 Å². The third kappa shape index (κ3) is 16.9. The van der Waals surface area contributed by atoms with E-state index in [1.54, 1.807) is 6.08 Å². The van der Waals surface area contributed by atoms with E-state index < -0.39 is 0 Å². The van der Waals surface area contributed by atoms with Gasteiger partial charge in [0.25, 0.3) is 0 Å². The molecule has 0 N–H and O–H groups in total. The molecule has 24 heavy (non-hydrogen) atoms. The largest absolute Gasteiger partial charge is 0.106 e. The summed E-state index contributed by atoms with van der Waals surface area (Å²) in [7, 11) is 0. The zero-order chi connectivity index (χ0) is 18.8. The molecule has 0 aromatic rings. The second-order valence-corrected chi connectivity index (χ2v) is 7.40. The van der Waals surface area contributed by atoms with Gasteiger partial charge in [-0.1, -0.05) is 90.7 Å². The van der Waals surface area contributed by atoms with E-state index in [1.165, 1.54) is 38.5 Å². The Labute approximate surface area is 152 Å². The fourth-order valence-corrected chi connectivity index (χ4v) is 2.73. The third-order valence-corrected chi connectivity index (χ3v) is 3.77. The Morgan fingerprint density at radius 1 is 1.04 bits per heavy atom. The van der Waals surface area contributed by atoms with E-state index in [9.17, 15) is 0 Å². The van der Waals surface area contributed by atoms with Gasteiger partial charge in [0.15, 0.2) is 0 Å². The van der Waals surface area contributed by atoms with E-state index >= 15 is 0 Å². The molecule has 0 aliphatic heterocycles. The van der Waals surface area contributed by atoms with Crippen LogP contribution in [-0.2, 0) is 0 Å². The molecule has 1 unspecified atom stereocenters. The standard InChI is InChI=1S/C22H36.C2H4/c1-7-10-11-12-17-21(19-22(4,5)6)18-14-13-16-20(9-3)15-8-2;1-2/h8-9,15,21H,2-3,7,10-12,16-19H2,1,4-6H3;1-2H2/b20-15+;. The molecule has 0 radical (unpaired) electrons. The second-order valence-electron chi connectivity index (χ2n) is 7.40. The maximum absolute atomic E-state index is 3.82. The maximum Gasteiger partial charge on any atom is 0.0340 e. The minimum atomic E-state index is 0.395.